The van der Waals surface area contributed by atoms with Crippen molar-refractivity contribution in [1.82, 2.24) is 20.6 Å². The molecule has 0 aliphatic heterocycles. The van der Waals surface area contributed by atoms with Crippen LogP contribution in [0.15, 0.2) is 12.3 Å². The molecule has 17 heavy (non-hydrogen) atoms. The molecule has 5 nitrogen and oxygen atoms in total. The molecule has 0 bridgehead atoms. The van der Waals surface area contributed by atoms with Crippen LogP contribution in [-0.4, -0.2) is 35.5 Å². The molecule has 1 heterocycles. The van der Waals surface area contributed by atoms with E-state index in [9.17, 15) is 4.79 Å². The second-order valence-corrected chi connectivity index (χ2v) is 4.47. The molecule has 1 aromatic rings. The van der Waals surface area contributed by atoms with Gasteiger partial charge in [-0.2, -0.15) is 0 Å². The predicted molar refractivity (Wildman–Crippen MR) is 64.9 cm³/mol. The first kappa shape index (κ1) is 12.0. The van der Waals surface area contributed by atoms with Gasteiger partial charge in [-0.1, -0.05) is 0 Å². The number of likely N-dealkylation sites (N-methyl/N-ethyl adjacent to an activating group) is 1. The molecule has 92 valence electrons. The minimum Gasteiger partial charge on any atom is -0.349 e. The summed E-state index contributed by atoms with van der Waals surface area (Å²) >= 11 is 0. The number of hydrogen-bond donors (Lipinski definition) is 2. The number of hydrogen-bond acceptors (Lipinski definition) is 4. The van der Waals surface area contributed by atoms with Gasteiger partial charge in [0, 0.05) is 24.7 Å². The van der Waals surface area contributed by atoms with E-state index in [0.29, 0.717) is 18.2 Å². The molecular formula is C12H18N4O. The molecule has 0 radical (unpaired) electrons. The van der Waals surface area contributed by atoms with E-state index in [1.165, 1.54) is 0 Å². The summed E-state index contributed by atoms with van der Waals surface area (Å²) in [5, 5.41) is 5.91. The first-order valence-corrected chi connectivity index (χ1v) is 5.99. The van der Waals surface area contributed by atoms with E-state index in [2.05, 4.69) is 20.6 Å². The van der Waals surface area contributed by atoms with Gasteiger partial charge in [0.15, 0.2) is 0 Å². The second-order valence-electron chi connectivity index (χ2n) is 4.47. The third kappa shape index (κ3) is 3.23. The summed E-state index contributed by atoms with van der Waals surface area (Å²) < 4.78 is 0. The van der Waals surface area contributed by atoms with E-state index in [4.69, 9.17) is 0 Å². The molecule has 1 aliphatic rings. The number of carbonyl (C=O) groups excluding carboxylic acids is 1. The van der Waals surface area contributed by atoms with Crippen LogP contribution >= 0.6 is 0 Å². The Morgan fingerprint density at radius 3 is 3.00 bits per heavy atom. The molecule has 1 aliphatic carbocycles. The van der Waals surface area contributed by atoms with E-state index in [0.717, 1.165) is 18.7 Å². The summed E-state index contributed by atoms with van der Waals surface area (Å²) in [7, 11) is 1.87. The lowest BCUT2D eigenvalue weighted by Crippen LogP contribution is -2.37. The number of nitrogens with zero attached hydrogens (tertiary/aromatic N) is 2. The molecule has 5 heteroatoms. The van der Waals surface area contributed by atoms with Crippen molar-refractivity contribution in [3.05, 3.63) is 23.8 Å². The van der Waals surface area contributed by atoms with Crippen LogP contribution in [0, 0.1) is 0 Å². The van der Waals surface area contributed by atoms with Crippen LogP contribution in [-0.2, 0) is 0 Å². The predicted octanol–water partition coefficient (Wildman–Crippen LogP) is 0.692. The Balaban J connectivity index is 1.96. The maximum atomic E-state index is 11.8. The minimum absolute atomic E-state index is 0.128. The first-order valence-electron chi connectivity index (χ1n) is 5.99. The van der Waals surface area contributed by atoms with E-state index >= 15 is 0 Å². The van der Waals surface area contributed by atoms with Crippen molar-refractivity contribution in [3.8, 4) is 0 Å². The Labute approximate surface area is 101 Å². The third-order valence-electron chi connectivity index (χ3n) is 2.91. The highest BCUT2D eigenvalue weighted by Crippen LogP contribution is 2.37. The van der Waals surface area contributed by atoms with Gasteiger partial charge in [-0.25, -0.2) is 9.97 Å². The normalized spacial score (nSPS) is 16.6. The van der Waals surface area contributed by atoms with Crippen molar-refractivity contribution in [2.75, 3.05) is 13.6 Å². The van der Waals surface area contributed by atoms with Crippen molar-refractivity contribution < 1.29 is 4.79 Å². The number of nitrogens with one attached hydrogen (secondary N) is 2. The Kier molecular flexibility index (Phi) is 3.68. The van der Waals surface area contributed by atoms with E-state index in [1.807, 2.05) is 14.0 Å². The monoisotopic (exact) mass is 234 g/mol. The van der Waals surface area contributed by atoms with Crippen LogP contribution in [0.4, 0.5) is 0 Å². The average molecular weight is 234 g/mol. The highest BCUT2D eigenvalue weighted by molar-refractivity contribution is 5.92. The Morgan fingerprint density at radius 1 is 1.59 bits per heavy atom. The maximum absolute atomic E-state index is 11.8. The fourth-order valence-electron chi connectivity index (χ4n) is 1.48. The van der Waals surface area contributed by atoms with Crippen molar-refractivity contribution in [1.29, 1.82) is 0 Å². The molecule has 2 N–H and O–H groups in total. The zero-order valence-electron chi connectivity index (χ0n) is 10.2. The fourth-order valence-corrected chi connectivity index (χ4v) is 1.48. The Bertz CT molecular complexity index is 403. The lowest BCUT2D eigenvalue weighted by atomic mass is 10.3. The summed E-state index contributed by atoms with van der Waals surface area (Å²) in [4.78, 5) is 20.3. The van der Waals surface area contributed by atoms with Gasteiger partial charge in [0.1, 0.15) is 11.5 Å². The number of carbonyl (C=O) groups is 1. The summed E-state index contributed by atoms with van der Waals surface area (Å²) in [5.41, 5.74) is 0.463. The fraction of sp³-hybridized carbons (Fsp3) is 0.583. The van der Waals surface area contributed by atoms with E-state index in [1.54, 1.807) is 12.3 Å². The molecule has 0 saturated heterocycles. The van der Waals surface area contributed by atoms with Gasteiger partial charge in [0.05, 0.1) is 0 Å². The average Bonchev–Trinajstić information content (AvgIpc) is 3.20. The number of amides is 1. The second kappa shape index (κ2) is 5.23. The van der Waals surface area contributed by atoms with Crippen molar-refractivity contribution in [2.45, 2.75) is 31.7 Å². The number of rotatable bonds is 5. The molecule has 2 rings (SSSR count). The Hall–Kier alpha value is -1.49. The zero-order valence-corrected chi connectivity index (χ0v) is 10.2. The van der Waals surface area contributed by atoms with Crippen molar-refractivity contribution in [2.24, 2.45) is 0 Å². The van der Waals surface area contributed by atoms with Crippen LogP contribution in [0.2, 0.25) is 0 Å². The lowest BCUT2D eigenvalue weighted by Gasteiger charge is -2.11. The lowest BCUT2D eigenvalue weighted by molar-refractivity contribution is 0.0945. The molecular weight excluding hydrogens is 216 g/mol. The summed E-state index contributed by atoms with van der Waals surface area (Å²) in [6.07, 6.45) is 3.95. The van der Waals surface area contributed by atoms with Crippen LogP contribution in [0.3, 0.4) is 0 Å². The summed E-state index contributed by atoms with van der Waals surface area (Å²) in [5.74, 6) is 1.15. The van der Waals surface area contributed by atoms with Gasteiger partial charge in [-0.3, -0.25) is 4.79 Å². The molecule has 0 spiro atoms. The first-order chi connectivity index (χ1) is 8.20. The van der Waals surface area contributed by atoms with E-state index in [-0.39, 0.29) is 11.9 Å². The molecule has 1 amide bonds. The third-order valence-corrected chi connectivity index (χ3v) is 2.91. The van der Waals surface area contributed by atoms with Gasteiger partial charge in [-0.15, -0.1) is 0 Å². The summed E-state index contributed by atoms with van der Waals surface area (Å²) in [6, 6.07) is 1.91. The molecule has 0 aromatic carbocycles. The molecule has 1 unspecified atom stereocenters. The van der Waals surface area contributed by atoms with Crippen LogP contribution in [0.5, 0.6) is 0 Å². The van der Waals surface area contributed by atoms with Crippen LogP contribution in [0.1, 0.15) is 42.0 Å². The molecule has 1 fully saturated rings. The molecule has 1 aromatic heterocycles. The largest absolute Gasteiger partial charge is 0.349 e. The zero-order chi connectivity index (χ0) is 12.3. The highest BCUT2D eigenvalue weighted by atomic mass is 16.1. The smallest absolute Gasteiger partial charge is 0.270 e. The topological polar surface area (TPSA) is 66.9 Å². The minimum atomic E-state index is -0.128. The van der Waals surface area contributed by atoms with Crippen LogP contribution < -0.4 is 10.6 Å². The van der Waals surface area contributed by atoms with Crippen LogP contribution in [0.25, 0.3) is 0 Å². The van der Waals surface area contributed by atoms with Gasteiger partial charge >= 0.3 is 0 Å². The maximum Gasteiger partial charge on any atom is 0.270 e. The molecule has 1 saturated carbocycles. The SMILES string of the molecule is CNC(C)CNC(=O)c1ccnc(C2CC2)n1. The Morgan fingerprint density at radius 2 is 2.35 bits per heavy atom. The van der Waals surface area contributed by atoms with Gasteiger partial charge < -0.3 is 10.6 Å². The van der Waals surface area contributed by atoms with Crippen molar-refractivity contribution in [3.63, 3.8) is 0 Å². The quantitative estimate of drug-likeness (QED) is 0.786. The number of aromatic nitrogens is 2. The van der Waals surface area contributed by atoms with Crippen molar-refractivity contribution >= 4 is 5.91 Å². The van der Waals surface area contributed by atoms with Gasteiger partial charge in [0.25, 0.3) is 5.91 Å². The van der Waals surface area contributed by atoms with E-state index < -0.39 is 0 Å². The van der Waals surface area contributed by atoms with Gasteiger partial charge in [0.2, 0.25) is 0 Å². The standard InChI is InChI=1S/C12H18N4O/c1-8(13-2)7-15-12(17)10-5-6-14-11(16-10)9-3-4-9/h5-6,8-9,13H,3-4,7H2,1-2H3,(H,15,17). The highest BCUT2D eigenvalue weighted by Gasteiger charge is 2.27. The summed E-state index contributed by atoms with van der Waals surface area (Å²) in [6.45, 7) is 2.61. The molecule has 1 atom stereocenters. The van der Waals surface area contributed by atoms with Gasteiger partial charge in [-0.05, 0) is 32.9 Å².